The van der Waals surface area contributed by atoms with Crippen molar-refractivity contribution in [2.45, 2.75) is 0 Å². The van der Waals surface area contributed by atoms with Gasteiger partial charge in [0.15, 0.2) is 0 Å². The van der Waals surface area contributed by atoms with Gasteiger partial charge < -0.3 is 11.1 Å². The summed E-state index contributed by atoms with van der Waals surface area (Å²) in [6.07, 6.45) is 0. The van der Waals surface area contributed by atoms with Gasteiger partial charge in [-0.2, -0.15) is 5.26 Å². The van der Waals surface area contributed by atoms with Crippen LogP contribution in [0, 0.1) is 11.3 Å². The van der Waals surface area contributed by atoms with E-state index >= 15 is 0 Å². The lowest BCUT2D eigenvalue weighted by Gasteiger charge is -2.12. The molecule has 6 heteroatoms. The molecule has 96 valence electrons. The number of nitrogens with zero attached hydrogens (tertiary/aromatic N) is 1. The van der Waals surface area contributed by atoms with Crippen LogP contribution in [-0.4, -0.2) is 0 Å². The van der Waals surface area contributed by atoms with Gasteiger partial charge in [-0.25, -0.2) is 0 Å². The smallest absolute Gasteiger partial charge is 0.0992 e. The zero-order valence-electron chi connectivity index (χ0n) is 9.55. The average molecular weight is 313 g/mol. The lowest BCUT2D eigenvalue weighted by atomic mass is 10.2. The normalized spacial score (nSPS) is 10.0. The molecule has 0 atom stereocenters. The van der Waals surface area contributed by atoms with Crippen molar-refractivity contribution in [2.75, 3.05) is 11.1 Å². The van der Waals surface area contributed by atoms with Crippen LogP contribution in [0.2, 0.25) is 15.1 Å². The van der Waals surface area contributed by atoms with Crippen LogP contribution in [-0.2, 0) is 0 Å². The van der Waals surface area contributed by atoms with E-state index in [2.05, 4.69) is 5.32 Å². The van der Waals surface area contributed by atoms with Crippen molar-refractivity contribution in [2.24, 2.45) is 0 Å². The number of nitrogen functional groups attached to an aromatic ring is 1. The molecule has 3 nitrogen and oxygen atoms in total. The molecular formula is C13H8Cl3N3. The molecule has 0 bridgehead atoms. The Kier molecular flexibility index (Phi) is 4.06. The van der Waals surface area contributed by atoms with E-state index in [1.54, 1.807) is 30.3 Å². The summed E-state index contributed by atoms with van der Waals surface area (Å²) in [5.74, 6) is 0. The van der Waals surface area contributed by atoms with Crippen LogP contribution >= 0.6 is 34.8 Å². The fraction of sp³-hybridized carbons (Fsp3) is 0. The van der Waals surface area contributed by atoms with Crippen LogP contribution < -0.4 is 11.1 Å². The molecule has 0 fully saturated rings. The summed E-state index contributed by atoms with van der Waals surface area (Å²) in [5.41, 5.74) is 8.01. The second kappa shape index (κ2) is 5.58. The number of halogens is 3. The third-order valence-corrected chi connectivity index (χ3v) is 3.49. The highest BCUT2D eigenvalue weighted by molar-refractivity contribution is 6.42. The zero-order chi connectivity index (χ0) is 14.0. The van der Waals surface area contributed by atoms with Crippen molar-refractivity contribution in [1.82, 2.24) is 0 Å². The molecule has 0 aliphatic rings. The minimum absolute atomic E-state index is 0.385. The fourth-order valence-corrected chi connectivity index (χ4v) is 2.07. The quantitative estimate of drug-likeness (QED) is 0.780. The van der Waals surface area contributed by atoms with Crippen molar-refractivity contribution >= 4 is 51.9 Å². The number of hydrogen-bond donors (Lipinski definition) is 2. The molecule has 0 spiro atoms. The summed E-state index contributed by atoms with van der Waals surface area (Å²) < 4.78 is 0. The van der Waals surface area contributed by atoms with E-state index in [1.165, 1.54) is 0 Å². The van der Waals surface area contributed by atoms with Crippen molar-refractivity contribution in [3.8, 4) is 6.07 Å². The van der Waals surface area contributed by atoms with E-state index in [4.69, 9.17) is 45.8 Å². The first-order valence-electron chi connectivity index (χ1n) is 5.22. The molecular weight excluding hydrogens is 305 g/mol. The molecule has 2 rings (SSSR count). The molecule has 0 saturated carbocycles. The van der Waals surface area contributed by atoms with Gasteiger partial charge in [0.2, 0.25) is 0 Å². The van der Waals surface area contributed by atoms with Crippen molar-refractivity contribution in [1.29, 1.82) is 5.26 Å². The minimum atomic E-state index is 0.385. The largest absolute Gasteiger partial charge is 0.397 e. The Morgan fingerprint density at radius 1 is 0.947 bits per heavy atom. The molecule has 0 saturated heterocycles. The van der Waals surface area contributed by atoms with Crippen molar-refractivity contribution in [3.63, 3.8) is 0 Å². The van der Waals surface area contributed by atoms with Gasteiger partial charge in [-0.1, -0.05) is 34.8 Å². The predicted octanol–water partition coefficient (Wildman–Crippen LogP) is 4.84. The standard InChI is InChI=1S/C13H8Cl3N3/c14-8-4-11(18)13(5-9(8)15)19-12-2-1-7(6-17)3-10(12)16/h1-5,19H,18H2. The molecule has 0 heterocycles. The van der Waals surface area contributed by atoms with Crippen molar-refractivity contribution in [3.05, 3.63) is 51.0 Å². The Hall–Kier alpha value is -1.60. The van der Waals surface area contributed by atoms with Gasteiger partial charge in [0, 0.05) is 0 Å². The maximum Gasteiger partial charge on any atom is 0.0992 e. The van der Waals surface area contributed by atoms with E-state index in [1.807, 2.05) is 6.07 Å². The van der Waals surface area contributed by atoms with Crippen LogP contribution in [0.4, 0.5) is 17.1 Å². The molecule has 2 aromatic rings. The van der Waals surface area contributed by atoms with E-state index < -0.39 is 0 Å². The molecule has 2 aromatic carbocycles. The minimum Gasteiger partial charge on any atom is -0.397 e. The highest BCUT2D eigenvalue weighted by atomic mass is 35.5. The lowest BCUT2D eigenvalue weighted by molar-refractivity contribution is 1.47. The monoisotopic (exact) mass is 311 g/mol. The summed E-state index contributed by atoms with van der Waals surface area (Å²) in [7, 11) is 0. The van der Waals surface area contributed by atoms with E-state index in [-0.39, 0.29) is 0 Å². The number of anilines is 3. The van der Waals surface area contributed by atoms with Crippen LogP contribution in [0.1, 0.15) is 5.56 Å². The number of nitrogens with two attached hydrogens (primary N) is 1. The SMILES string of the molecule is N#Cc1ccc(Nc2cc(Cl)c(Cl)cc2N)c(Cl)c1. The van der Waals surface area contributed by atoms with Gasteiger partial charge in [0.1, 0.15) is 0 Å². The van der Waals surface area contributed by atoms with Gasteiger partial charge in [-0.15, -0.1) is 0 Å². The second-order valence-electron chi connectivity index (χ2n) is 3.78. The molecule has 0 aliphatic carbocycles. The van der Waals surface area contributed by atoms with Crippen LogP contribution in [0.25, 0.3) is 0 Å². The highest BCUT2D eigenvalue weighted by Crippen LogP contribution is 2.34. The maximum atomic E-state index is 8.77. The molecule has 0 aromatic heterocycles. The zero-order valence-corrected chi connectivity index (χ0v) is 11.8. The fourth-order valence-electron chi connectivity index (χ4n) is 1.50. The van der Waals surface area contributed by atoms with Crippen LogP contribution in [0.15, 0.2) is 30.3 Å². The first-order chi connectivity index (χ1) is 9.01. The first-order valence-corrected chi connectivity index (χ1v) is 6.36. The molecule has 0 radical (unpaired) electrons. The van der Waals surface area contributed by atoms with E-state index in [0.717, 1.165) is 0 Å². The Labute approximate surface area is 125 Å². The summed E-state index contributed by atoms with van der Waals surface area (Å²) in [4.78, 5) is 0. The van der Waals surface area contributed by atoms with Gasteiger partial charge in [-0.3, -0.25) is 0 Å². The maximum absolute atomic E-state index is 8.77. The Morgan fingerprint density at radius 3 is 2.26 bits per heavy atom. The van der Waals surface area contributed by atoms with Gasteiger partial charge in [0.25, 0.3) is 0 Å². The molecule has 0 unspecified atom stereocenters. The third-order valence-electron chi connectivity index (χ3n) is 2.46. The molecule has 0 aliphatic heterocycles. The van der Waals surface area contributed by atoms with Gasteiger partial charge in [0.05, 0.1) is 43.8 Å². The summed E-state index contributed by atoms with van der Waals surface area (Å²) in [6, 6.07) is 10.1. The Bertz CT molecular complexity index is 678. The number of hydrogen-bond acceptors (Lipinski definition) is 3. The topological polar surface area (TPSA) is 61.8 Å². The summed E-state index contributed by atoms with van der Waals surface area (Å²) in [5, 5.41) is 13.0. The van der Waals surface area contributed by atoms with Crippen LogP contribution in [0.3, 0.4) is 0 Å². The molecule has 3 N–H and O–H groups in total. The highest BCUT2D eigenvalue weighted by Gasteiger charge is 2.08. The first kappa shape index (κ1) is 13.8. The Balaban J connectivity index is 2.37. The van der Waals surface area contributed by atoms with E-state index in [9.17, 15) is 0 Å². The lowest BCUT2D eigenvalue weighted by Crippen LogP contribution is -1.97. The Morgan fingerprint density at radius 2 is 1.63 bits per heavy atom. The van der Waals surface area contributed by atoms with Gasteiger partial charge in [-0.05, 0) is 30.3 Å². The molecule has 0 amide bonds. The third kappa shape index (κ3) is 3.05. The number of rotatable bonds is 2. The molecule has 19 heavy (non-hydrogen) atoms. The average Bonchev–Trinajstić information content (AvgIpc) is 2.38. The summed E-state index contributed by atoms with van der Waals surface area (Å²) in [6.45, 7) is 0. The van der Waals surface area contributed by atoms with Crippen LogP contribution in [0.5, 0.6) is 0 Å². The number of nitriles is 1. The van der Waals surface area contributed by atoms with Crippen molar-refractivity contribution < 1.29 is 0 Å². The van der Waals surface area contributed by atoms with E-state index in [0.29, 0.717) is 37.7 Å². The summed E-state index contributed by atoms with van der Waals surface area (Å²) >= 11 is 17.9. The number of benzene rings is 2. The predicted molar refractivity (Wildman–Crippen MR) is 80.3 cm³/mol. The number of nitrogens with one attached hydrogen (secondary N) is 1. The van der Waals surface area contributed by atoms with Gasteiger partial charge >= 0.3 is 0 Å². The second-order valence-corrected chi connectivity index (χ2v) is 5.01.